The lowest BCUT2D eigenvalue weighted by Gasteiger charge is -2.01. The normalized spacial score (nSPS) is 10.6. The van der Waals surface area contributed by atoms with Gasteiger partial charge in [0, 0.05) is 17.1 Å². The molecule has 0 spiro atoms. The maximum Gasteiger partial charge on any atom is 0.305 e. The van der Waals surface area contributed by atoms with E-state index in [1.807, 2.05) is 6.92 Å². The van der Waals surface area contributed by atoms with Crippen LogP contribution in [0.5, 0.6) is 0 Å². The molecule has 0 saturated carbocycles. The van der Waals surface area contributed by atoms with E-state index in [4.69, 9.17) is 0 Å². The Morgan fingerprint density at radius 1 is 1.44 bits per heavy atom. The minimum Gasteiger partial charge on any atom is -0.258 e. The molecule has 2 rings (SSSR count). The zero-order valence-electron chi connectivity index (χ0n) is 9.31. The minimum absolute atomic E-state index is 0.116. The smallest absolute Gasteiger partial charge is 0.258 e. The van der Waals surface area contributed by atoms with Gasteiger partial charge in [0.1, 0.15) is 10.8 Å². The summed E-state index contributed by atoms with van der Waals surface area (Å²) in [6.07, 6.45) is 2.20. The maximum absolute atomic E-state index is 13.9. The van der Waals surface area contributed by atoms with Gasteiger partial charge in [0.05, 0.1) is 10.5 Å². The van der Waals surface area contributed by atoms with E-state index in [0.29, 0.717) is 6.42 Å². The highest BCUT2D eigenvalue weighted by Gasteiger charge is 2.24. The molecule has 0 aliphatic heterocycles. The van der Waals surface area contributed by atoms with Crippen LogP contribution in [0.4, 0.5) is 14.5 Å². The molecule has 18 heavy (non-hydrogen) atoms. The first-order valence-corrected chi connectivity index (χ1v) is 5.93. The van der Waals surface area contributed by atoms with E-state index in [0.717, 1.165) is 28.3 Å². The number of rotatable bonds is 3. The Kier molecular flexibility index (Phi) is 3.33. The molecule has 0 atom stereocenters. The lowest BCUT2D eigenvalue weighted by molar-refractivity contribution is -0.387. The van der Waals surface area contributed by atoms with Crippen LogP contribution in [-0.4, -0.2) is 9.91 Å². The molecule has 0 fully saturated rings. The molecule has 0 aliphatic carbocycles. The summed E-state index contributed by atoms with van der Waals surface area (Å²) < 4.78 is 27.5. The third-order valence-corrected chi connectivity index (χ3v) is 3.54. The molecular formula is C11H8F2N2O2S. The second-order valence-electron chi connectivity index (χ2n) is 3.50. The van der Waals surface area contributed by atoms with Crippen molar-refractivity contribution in [2.24, 2.45) is 0 Å². The number of thiazole rings is 1. The second-order valence-corrected chi connectivity index (χ2v) is 4.61. The monoisotopic (exact) mass is 270 g/mol. The Hall–Kier alpha value is -1.89. The number of nitro benzene ring substituents is 1. The standard InChI is InChI=1S/C11H8F2N2O2S/c1-2-6-5-14-11(18-6)9-7(12)3-4-8(10(9)13)15(16)17/h3-5H,2H2,1H3. The van der Waals surface area contributed by atoms with Crippen LogP contribution in [0.3, 0.4) is 0 Å². The van der Waals surface area contributed by atoms with Crippen molar-refractivity contribution in [2.45, 2.75) is 13.3 Å². The predicted octanol–water partition coefficient (Wildman–Crippen LogP) is 3.56. The van der Waals surface area contributed by atoms with Crippen LogP contribution in [0.25, 0.3) is 10.6 Å². The summed E-state index contributed by atoms with van der Waals surface area (Å²) in [7, 11) is 0. The Morgan fingerprint density at radius 3 is 2.72 bits per heavy atom. The molecule has 1 heterocycles. The van der Waals surface area contributed by atoms with Crippen LogP contribution in [0.15, 0.2) is 18.3 Å². The number of halogens is 2. The Labute approximate surface area is 105 Å². The van der Waals surface area contributed by atoms with Crippen molar-refractivity contribution in [1.29, 1.82) is 0 Å². The van der Waals surface area contributed by atoms with Gasteiger partial charge >= 0.3 is 5.69 Å². The molecule has 1 aromatic carbocycles. The van der Waals surface area contributed by atoms with E-state index >= 15 is 0 Å². The first kappa shape index (κ1) is 12.6. The summed E-state index contributed by atoms with van der Waals surface area (Å²) in [4.78, 5) is 14.5. The lowest BCUT2D eigenvalue weighted by atomic mass is 10.2. The van der Waals surface area contributed by atoms with Gasteiger partial charge in [-0.2, -0.15) is 4.39 Å². The summed E-state index contributed by atoms with van der Waals surface area (Å²) in [5.74, 6) is -2.04. The van der Waals surface area contributed by atoms with E-state index in [2.05, 4.69) is 4.98 Å². The van der Waals surface area contributed by atoms with Gasteiger partial charge in [-0.25, -0.2) is 9.37 Å². The van der Waals surface area contributed by atoms with Crippen molar-refractivity contribution in [3.63, 3.8) is 0 Å². The average Bonchev–Trinajstić information content (AvgIpc) is 2.77. The number of aryl methyl sites for hydroxylation is 1. The molecule has 7 heteroatoms. The van der Waals surface area contributed by atoms with Crippen LogP contribution in [0.1, 0.15) is 11.8 Å². The van der Waals surface area contributed by atoms with E-state index < -0.39 is 27.8 Å². The quantitative estimate of drug-likeness (QED) is 0.633. The molecule has 4 nitrogen and oxygen atoms in total. The molecule has 0 radical (unpaired) electrons. The van der Waals surface area contributed by atoms with E-state index in [1.165, 1.54) is 6.20 Å². The fourth-order valence-corrected chi connectivity index (χ4v) is 2.36. The first-order chi connectivity index (χ1) is 8.54. The third-order valence-electron chi connectivity index (χ3n) is 2.38. The molecule has 0 aliphatic rings. The number of benzene rings is 1. The summed E-state index contributed by atoms with van der Waals surface area (Å²) in [5, 5.41) is 10.7. The zero-order valence-corrected chi connectivity index (χ0v) is 10.1. The van der Waals surface area contributed by atoms with E-state index in [9.17, 15) is 18.9 Å². The van der Waals surface area contributed by atoms with Gasteiger partial charge in [0.15, 0.2) is 0 Å². The molecule has 94 valence electrons. The number of hydrogen-bond acceptors (Lipinski definition) is 4. The van der Waals surface area contributed by atoms with Crippen LogP contribution in [0, 0.1) is 21.7 Å². The van der Waals surface area contributed by atoms with Crippen molar-refractivity contribution >= 4 is 17.0 Å². The van der Waals surface area contributed by atoms with Crippen molar-refractivity contribution in [1.82, 2.24) is 4.98 Å². The molecule has 0 N–H and O–H groups in total. The topological polar surface area (TPSA) is 56.0 Å². The summed E-state index contributed by atoms with van der Waals surface area (Å²) >= 11 is 1.12. The average molecular weight is 270 g/mol. The highest BCUT2D eigenvalue weighted by atomic mass is 32.1. The van der Waals surface area contributed by atoms with Gasteiger partial charge in [-0.1, -0.05) is 6.92 Å². The molecule has 0 unspecified atom stereocenters. The van der Waals surface area contributed by atoms with Crippen molar-refractivity contribution < 1.29 is 13.7 Å². The van der Waals surface area contributed by atoms with Crippen LogP contribution >= 0.6 is 11.3 Å². The predicted molar refractivity (Wildman–Crippen MR) is 63.5 cm³/mol. The third kappa shape index (κ3) is 2.08. The summed E-state index contributed by atoms with van der Waals surface area (Å²) in [5.41, 5.74) is -1.19. The Balaban J connectivity index is 2.62. The minimum atomic E-state index is -1.18. The SMILES string of the molecule is CCc1cnc(-c2c(F)ccc([N+](=O)[O-])c2F)s1. The van der Waals surface area contributed by atoms with E-state index in [1.54, 1.807) is 0 Å². The first-order valence-electron chi connectivity index (χ1n) is 5.12. The van der Waals surface area contributed by atoms with Crippen LogP contribution < -0.4 is 0 Å². The molecule has 0 amide bonds. The zero-order chi connectivity index (χ0) is 13.3. The van der Waals surface area contributed by atoms with Gasteiger partial charge in [-0.3, -0.25) is 10.1 Å². The van der Waals surface area contributed by atoms with Gasteiger partial charge in [-0.05, 0) is 12.5 Å². The highest BCUT2D eigenvalue weighted by Crippen LogP contribution is 2.34. The second kappa shape index (κ2) is 4.77. The van der Waals surface area contributed by atoms with Gasteiger partial charge < -0.3 is 0 Å². The molecule has 1 aromatic heterocycles. The molecular weight excluding hydrogens is 262 g/mol. The molecule has 0 bridgehead atoms. The van der Waals surface area contributed by atoms with E-state index in [-0.39, 0.29) is 5.01 Å². The number of nitrogens with zero attached hydrogens (tertiary/aromatic N) is 2. The summed E-state index contributed by atoms with van der Waals surface area (Å²) in [6, 6.07) is 1.69. The van der Waals surface area contributed by atoms with Crippen LogP contribution in [-0.2, 0) is 6.42 Å². The van der Waals surface area contributed by atoms with Gasteiger partial charge in [0.2, 0.25) is 5.82 Å². The fourth-order valence-electron chi connectivity index (χ4n) is 1.47. The number of aromatic nitrogens is 1. The highest BCUT2D eigenvalue weighted by molar-refractivity contribution is 7.15. The maximum atomic E-state index is 13.9. The van der Waals surface area contributed by atoms with Crippen molar-refractivity contribution in [2.75, 3.05) is 0 Å². The molecule has 2 aromatic rings. The Morgan fingerprint density at radius 2 is 2.17 bits per heavy atom. The number of nitro groups is 1. The van der Waals surface area contributed by atoms with Crippen LogP contribution in [0.2, 0.25) is 0 Å². The summed E-state index contributed by atoms with van der Waals surface area (Å²) in [6.45, 7) is 1.89. The molecule has 0 saturated heterocycles. The largest absolute Gasteiger partial charge is 0.305 e. The van der Waals surface area contributed by atoms with Crippen molar-refractivity contribution in [3.05, 3.63) is 45.0 Å². The Bertz CT molecular complexity index is 613. The fraction of sp³-hybridized carbons (Fsp3) is 0.182. The lowest BCUT2D eigenvalue weighted by Crippen LogP contribution is -1.97. The van der Waals surface area contributed by atoms with Crippen molar-refractivity contribution in [3.8, 4) is 10.6 Å². The van der Waals surface area contributed by atoms with Gasteiger partial charge in [0.25, 0.3) is 0 Å². The number of hydrogen-bond donors (Lipinski definition) is 0. The van der Waals surface area contributed by atoms with Gasteiger partial charge in [-0.15, -0.1) is 11.3 Å².